The molecule has 2 aliphatic heterocycles. The molecular weight excluding hydrogens is 388 g/mol. The Labute approximate surface area is 161 Å². The van der Waals surface area contributed by atoms with E-state index in [1.54, 1.807) is 35.2 Å². The molecule has 1 aromatic carbocycles. The van der Waals surface area contributed by atoms with Gasteiger partial charge in [-0.1, -0.05) is 18.2 Å². The number of rotatable bonds is 4. The van der Waals surface area contributed by atoms with E-state index in [1.165, 1.54) is 10.6 Å². The molecule has 27 heavy (non-hydrogen) atoms. The number of amides is 1. The number of benzene rings is 1. The molecule has 2 saturated heterocycles. The minimum Gasteiger partial charge on any atom is -0.342 e. The topological polar surface area (TPSA) is 91.8 Å². The van der Waals surface area contributed by atoms with Crippen molar-refractivity contribution in [1.29, 1.82) is 0 Å². The standard InChI is InChI=1S/C18H26N2O5S2/c1-26(22,23)20-13-7-15(8-14-20)18(21)19-11-9-17(10-12-19)27(24,25)16-5-3-2-4-6-16/h2-6,15,17H,7-14H2,1H3. The van der Waals surface area contributed by atoms with Gasteiger partial charge in [0.2, 0.25) is 15.9 Å². The second-order valence-electron chi connectivity index (χ2n) is 7.32. The molecular formula is C18H26N2O5S2. The van der Waals surface area contributed by atoms with Crippen LogP contribution in [0, 0.1) is 5.92 Å². The summed E-state index contributed by atoms with van der Waals surface area (Å²) in [6.45, 7) is 1.60. The van der Waals surface area contributed by atoms with Crippen molar-refractivity contribution in [3.63, 3.8) is 0 Å². The van der Waals surface area contributed by atoms with Crippen molar-refractivity contribution in [3.8, 4) is 0 Å². The zero-order valence-corrected chi connectivity index (χ0v) is 17.1. The van der Waals surface area contributed by atoms with E-state index in [0.29, 0.717) is 56.8 Å². The van der Waals surface area contributed by atoms with E-state index in [2.05, 4.69) is 0 Å². The molecule has 0 radical (unpaired) electrons. The highest BCUT2D eigenvalue weighted by Crippen LogP contribution is 2.27. The molecule has 0 spiro atoms. The lowest BCUT2D eigenvalue weighted by Crippen LogP contribution is -2.47. The molecule has 0 saturated carbocycles. The maximum absolute atomic E-state index is 12.7. The van der Waals surface area contributed by atoms with Gasteiger partial charge in [-0.3, -0.25) is 4.79 Å². The van der Waals surface area contributed by atoms with Gasteiger partial charge in [0.1, 0.15) is 0 Å². The lowest BCUT2D eigenvalue weighted by molar-refractivity contribution is -0.137. The highest BCUT2D eigenvalue weighted by molar-refractivity contribution is 7.92. The van der Waals surface area contributed by atoms with Gasteiger partial charge in [0.15, 0.2) is 9.84 Å². The Morgan fingerprint density at radius 3 is 1.96 bits per heavy atom. The fourth-order valence-electron chi connectivity index (χ4n) is 3.88. The van der Waals surface area contributed by atoms with Crippen molar-refractivity contribution in [1.82, 2.24) is 9.21 Å². The molecule has 1 amide bonds. The summed E-state index contributed by atoms with van der Waals surface area (Å²) in [5.41, 5.74) is 0. The number of sulfone groups is 1. The number of carbonyl (C=O) groups is 1. The SMILES string of the molecule is CS(=O)(=O)N1CCC(C(=O)N2CCC(S(=O)(=O)c3ccccc3)CC2)CC1. The van der Waals surface area contributed by atoms with E-state index in [-0.39, 0.29) is 11.8 Å². The van der Waals surface area contributed by atoms with Crippen molar-refractivity contribution >= 4 is 25.8 Å². The quantitative estimate of drug-likeness (QED) is 0.736. The summed E-state index contributed by atoms with van der Waals surface area (Å²) in [6.07, 6.45) is 3.10. The van der Waals surface area contributed by atoms with E-state index >= 15 is 0 Å². The molecule has 0 bridgehead atoms. The monoisotopic (exact) mass is 414 g/mol. The molecule has 9 heteroatoms. The van der Waals surface area contributed by atoms with Crippen LogP contribution in [-0.4, -0.2) is 69.6 Å². The second-order valence-corrected chi connectivity index (χ2v) is 11.5. The number of likely N-dealkylation sites (tertiary alicyclic amines) is 1. The van der Waals surface area contributed by atoms with E-state index in [0.717, 1.165) is 0 Å². The first-order chi connectivity index (χ1) is 12.7. The van der Waals surface area contributed by atoms with Gasteiger partial charge in [-0.25, -0.2) is 21.1 Å². The molecule has 2 fully saturated rings. The van der Waals surface area contributed by atoms with Crippen molar-refractivity contribution in [2.24, 2.45) is 5.92 Å². The second kappa shape index (κ2) is 7.89. The van der Waals surface area contributed by atoms with Crippen LogP contribution in [0.4, 0.5) is 0 Å². The first kappa shape index (κ1) is 20.3. The smallest absolute Gasteiger partial charge is 0.225 e. The van der Waals surface area contributed by atoms with Gasteiger partial charge in [-0.15, -0.1) is 0 Å². The average molecular weight is 415 g/mol. The number of nitrogens with zero attached hydrogens (tertiary/aromatic N) is 2. The summed E-state index contributed by atoms with van der Waals surface area (Å²) in [5, 5.41) is -0.462. The van der Waals surface area contributed by atoms with Crippen LogP contribution in [0.5, 0.6) is 0 Å². The van der Waals surface area contributed by atoms with Gasteiger partial charge in [0.25, 0.3) is 0 Å². The van der Waals surface area contributed by atoms with E-state index in [9.17, 15) is 21.6 Å². The van der Waals surface area contributed by atoms with Gasteiger partial charge in [-0.05, 0) is 37.8 Å². The molecule has 0 aliphatic carbocycles. The molecule has 0 atom stereocenters. The molecule has 1 aromatic rings. The zero-order chi connectivity index (χ0) is 19.7. The first-order valence-electron chi connectivity index (χ1n) is 9.22. The minimum atomic E-state index is -3.37. The lowest BCUT2D eigenvalue weighted by atomic mass is 9.95. The van der Waals surface area contributed by atoms with Crippen LogP contribution in [0.25, 0.3) is 0 Å². The Bertz CT molecular complexity index is 868. The Morgan fingerprint density at radius 1 is 0.889 bits per heavy atom. The highest BCUT2D eigenvalue weighted by Gasteiger charge is 2.36. The summed E-state index contributed by atoms with van der Waals surface area (Å²) >= 11 is 0. The maximum Gasteiger partial charge on any atom is 0.225 e. The summed E-state index contributed by atoms with van der Waals surface area (Å²) in [6, 6.07) is 8.45. The van der Waals surface area contributed by atoms with Gasteiger partial charge < -0.3 is 4.90 Å². The van der Waals surface area contributed by atoms with Crippen LogP contribution < -0.4 is 0 Å². The normalized spacial score (nSPS) is 21.3. The fraction of sp³-hybridized carbons (Fsp3) is 0.611. The van der Waals surface area contributed by atoms with Crippen LogP contribution >= 0.6 is 0 Å². The third-order valence-electron chi connectivity index (χ3n) is 5.54. The van der Waals surface area contributed by atoms with Crippen molar-refractivity contribution in [2.75, 3.05) is 32.4 Å². The molecule has 2 heterocycles. The van der Waals surface area contributed by atoms with Gasteiger partial charge in [0.05, 0.1) is 16.4 Å². The van der Waals surface area contributed by atoms with Crippen molar-refractivity contribution in [2.45, 2.75) is 35.8 Å². The fourth-order valence-corrected chi connectivity index (χ4v) is 6.51. The molecule has 2 aliphatic rings. The predicted molar refractivity (Wildman–Crippen MR) is 102 cm³/mol. The summed E-state index contributed by atoms with van der Waals surface area (Å²) in [4.78, 5) is 14.8. The Kier molecular flexibility index (Phi) is 5.93. The summed E-state index contributed by atoms with van der Waals surface area (Å²) in [7, 11) is -6.58. The number of hydrogen-bond donors (Lipinski definition) is 0. The zero-order valence-electron chi connectivity index (χ0n) is 15.5. The van der Waals surface area contributed by atoms with E-state index < -0.39 is 25.1 Å². The van der Waals surface area contributed by atoms with Crippen LogP contribution in [-0.2, 0) is 24.7 Å². The van der Waals surface area contributed by atoms with Crippen LogP contribution in [0.1, 0.15) is 25.7 Å². The van der Waals surface area contributed by atoms with Crippen LogP contribution in [0.2, 0.25) is 0 Å². The Balaban J connectivity index is 1.56. The molecule has 0 unspecified atom stereocenters. The van der Waals surface area contributed by atoms with Crippen LogP contribution in [0.15, 0.2) is 35.2 Å². The van der Waals surface area contributed by atoms with Gasteiger partial charge in [-0.2, -0.15) is 0 Å². The van der Waals surface area contributed by atoms with E-state index in [4.69, 9.17) is 0 Å². The van der Waals surface area contributed by atoms with Crippen molar-refractivity contribution in [3.05, 3.63) is 30.3 Å². The lowest BCUT2D eigenvalue weighted by Gasteiger charge is -2.36. The average Bonchev–Trinajstić information content (AvgIpc) is 2.67. The minimum absolute atomic E-state index is 0.0266. The predicted octanol–water partition coefficient (Wildman–Crippen LogP) is 1.12. The van der Waals surface area contributed by atoms with E-state index in [1.807, 2.05) is 0 Å². The Hall–Kier alpha value is -1.45. The highest BCUT2D eigenvalue weighted by atomic mass is 32.2. The molecule has 0 aromatic heterocycles. The third-order valence-corrected chi connectivity index (χ3v) is 9.12. The number of hydrogen-bond acceptors (Lipinski definition) is 5. The van der Waals surface area contributed by atoms with Gasteiger partial charge in [0, 0.05) is 32.1 Å². The molecule has 0 N–H and O–H groups in total. The largest absolute Gasteiger partial charge is 0.342 e. The van der Waals surface area contributed by atoms with Crippen LogP contribution in [0.3, 0.4) is 0 Å². The number of carbonyl (C=O) groups excluding carboxylic acids is 1. The maximum atomic E-state index is 12.7. The number of piperidine rings is 2. The molecule has 3 rings (SSSR count). The first-order valence-corrected chi connectivity index (χ1v) is 12.6. The van der Waals surface area contributed by atoms with Crippen molar-refractivity contribution < 1.29 is 21.6 Å². The summed E-state index contributed by atoms with van der Waals surface area (Å²) < 4.78 is 50.0. The van der Waals surface area contributed by atoms with Gasteiger partial charge >= 0.3 is 0 Å². The molecule has 150 valence electrons. The molecule has 7 nitrogen and oxygen atoms in total. The third kappa shape index (κ3) is 4.52. The Morgan fingerprint density at radius 2 is 1.44 bits per heavy atom. The number of sulfonamides is 1. The summed E-state index contributed by atoms with van der Waals surface area (Å²) in [5.74, 6) is -0.149.